The minimum atomic E-state index is -0.823. The van der Waals surface area contributed by atoms with Crippen LogP contribution in [0.1, 0.15) is 17.4 Å². The lowest BCUT2D eigenvalue weighted by molar-refractivity contribution is -0.143. The summed E-state index contributed by atoms with van der Waals surface area (Å²) >= 11 is 3.35. The summed E-state index contributed by atoms with van der Waals surface area (Å²) in [5, 5.41) is 9.00. The summed E-state index contributed by atoms with van der Waals surface area (Å²) in [7, 11) is 1.83. The van der Waals surface area contributed by atoms with E-state index in [2.05, 4.69) is 15.9 Å². The Morgan fingerprint density at radius 2 is 1.90 bits per heavy atom. The normalized spacial score (nSPS) is 18.1. The van der Waals surface area contributed by atoms with Gasteiger partial charge in [0.05, 0.1) is 0 Å². The fraction of sp³-hybridized carbons (Fsp3) is 0.538. The van der Waals surface area contributed by atoms with Gasteiger partial charge in [0.25, 0.3) is 5.91 Å². The second-order valence-electron chi connectivity index (χ2n) is 5.00. The number of aliphatic carboxylic acids is 1. The minimum absolute atomic E-state index is 0.0131. The maximum Gasteiger partial charge on any atom is 0.320 e. The van der Waals surface area contributed by atoms with Gasteiger partial charge in [0.1, 0.15) is 11.7 Å². The third kappa shape index (κ3) is 3.04. The second-order valence-corrected chi connectivity index (χ2v) is 5.91. The van der Waals surface area contributed by atoms with Crippen molar-refractivity contribution in [2.24, 2.45) is 7.05 Å². The average Bonchev–Trinajstić information content (AvgIpc) is 2.76. The monoisotopic (exact) mass is 343 g/mol. The van der Waals surface area contributed by atoms with Crippen molar-refractivity contribution in [2.45, 2.75) is 13.0 Å². The Morgan fingerprint density at radius 1 is 1.30 bits per heavy atom. The molecule has 2 rings (SSSR count). The molecule has 0 aliphatic carbocycles. The van der Waals surface area contributed by atoms with Gasteiger partial charge in [0.15, 0.2) is 0 Å². The quantitative estimate of drug-likeness (QED) is 0.889. The van der Waals surface area contributed by atoms with Crippen molar-refractivity contribution in [3.05, 3.63) is 22.4 Å². The van der Waals surface area contributed by atoms with Crippen LogP contribution in [0, 0.1) is 0 Å². The van der Waals surface area contributed by atoms with E-state index in [1.165, 1.54) is 0 Å². The molecule has 0 spiro atoms. The van der Waals surface area contributed by atoms with E-state index in [4.69, 9.17) is 5.11 Å². The Balaban J connectivity index is 1.99. The van der Waals surface area contributed by atoms with Crippen LogP contribution in [-0.4, -0.2) is 63.6 Å². The maximum atomic E-state index is 12.4. The fourth-order valence-electron chi connectivity index (χ4n) is 2.37. The van der Waals surface area contributed by atoms with Gasteiger partial charge in [0.2, 0.25) is 0 Å². The number of aromatic nitrogens is 1. The minimum Gasteiger partial charge on any atom is -0.480 e. The molecule has 0 saturated carbocycles. The number of piperazine rings is 1. The Morgan fingerprint density at radius 3 is 2.35 bits per heavy atom. The van der Waals surface area contributed by atoms with E-state index in [9.17, 15) is 9.59 Å². The fourth-order valence-corrected chi connectivity index (χ4v) is 2.89. The summed E-state index contributed by atoms with van der Waals surface area (Å²) in [5.74, 6) is -0.836. The molecule has 1 aromatic rings. The predicted octanol–water partition coefficient (Wildman–Crippen LogP) is 1.02. The highest BCUT2D eigenvalue weighted by Crippen LogP contribution is 2.17. The molecule has 0 aromatic carbocycles. The van der Waals surface area contributed by atoms with E-state index in [-0.39, 0.29) is 5.91 Å². The van der Waals surface area contributed by atoms with Gasteiger partial charge in [-0.05, 0) is 28.9 Å². The Hall–Kier alpha value is -1.34. The van der Waals surface area contributed by atoms with E-state index in [0.717, 1.165) is 4.47 Å². The first-order valence-electron chi connectivity index (χ1n) is 6.48. The standard InChI is InChI=1S/C13H18BrN3O3/c1-9(13(19)20)16-3-5-17(6-4-16)12(18)11-7-10(14)8-15(11)2/h7-9H,3-6H2,1-2H3,(H,19,20). The first-order chi connectivity index (χ1) is 9.40. The van der Waals surface area contributed by atoms with Crippen molar-refractivity contribution in [1.82, 2.24) is 14.4 Å². The van der Waals surface area contributed by atoms with Crippen molar-refractivity contribution >= 4 is 27.8 Å². The Labute approximate surface area is 126 Å². The zero-order valence-corrected chi connectivity index (χ0v) is 13.1. The van der Waals surface area contributed by atoms with Crippen LogP contribution in [-0.2, 0) is 11.8 Å². The number of carboxylic acid groups (broad SMARTS) is 1. The van der Waals surface area contributed by atoms with E-state index < -0.39 is 12.0 Å². The van der Waals surface area contributed by atoms with E-state index in [1.54, 1.807) is 22.5 Å². The number of hydrogen-bond donors (Lipinski definition) is 1. The van der Waals surface area contributed by atoms with Gasteiger partial charge in [-0.1, -0.05) is 0 Å². The number of nitrogens with zero attached hydrogens (tertiary/aromatic N) is 3. The highest BCUT2D eigenvalue weighted by Gasteiger charge is 2.28. The molecule has 0 bridgehead atoms. The average molecular weight is 344 g/mol. The second kappa shape index (κ2) is 5.97. The number of carbonyl (C=O) groups is 2. The molecule has 1 fully saturated rings. The first kappa shape index (κ1) is 15.1. The Kier molecular flexibility index (Phi) is 4.49. The number of halogens is 1. The first-order valence-corrected chi connectivity index (χ1v) is 7.27. The largest absolute Gasteiger partial charge is 0.480 e. The van der Waals surface area contributed by atoms with Gasteiger partial charge in [-0.15, -0.1) is 0 Å². The highest BCUT2D eigenvalue weighted by molar-refractivity contribution is 9.10. The summed E-state index contributed by atoms with van der Waals surface area (Å²) < 4.78 is 2.67. The lowest BCUT2D eigenvalue weighted by Crippen LogP contribution is -2.53. The van der Waals surface area contributed by atoms with Crippen LogP contribution >= 0.6 is 15.9 Å². The van der Waals surface area contributed by atoms with Crippen molar-refractivity contribution in [2.75, 3.05) is 26.2 Å². The molecule has 1 unspecified atom stereocenters. The topological polar surface area (TPSA) is 65.8 Å². The summed E-state index contributed by atoms with van der Waals surface area (Å²) in [5.41, 5.74) is 0.636. The van der Waals surface area contributed by atoms with Crippen LogP contribution in [0.4, 0.5) is 0 Å². The third-order valence-corrected chi connectivity index (χ3v) is 4.13. The molecular weight excluding hydrogens is 326 g/mol. The lowest BCUT2D eigenvalue weighted by atomic mass is 10.2. The molecular formula is C13H18BrN3O3. The molecule has 6 nitrogen and oxygen atoms in total. The molecule has 7 heteroatoms. The van der Waals surface area contributed by atoms with Gasteiger partial charge < -0.3 is 14.6 Å². The van der Waals surface area contributed by atoms with Crippen molar-refractivity contribution in [1.29, 1.82) is 0 Å². The zero-order chi connectivity index (χ0) is 14.9. The molecule has 1 N–H and O–H groups in total. The maximum absolute atomic E-state index is 12.4. The molecule has 1 aliphatic heterocycles. The molecule has 110 valence electrons. The summed E-state index contributed by atoms with van der Waals surface area (Å²) in [6.45, 7) is 3.96. The molecule has 0 radical (unpaired) electrons. The molecule has 1 aromatic heterocycles. The highest BCUT2D eigenvalue weighted by atomic mass is 79.9. The molecule has 1 saturated heterocycles. The summed E-state index contributed by atoms with van der Waals surface area (Å²) in [6.07, 6.45) is 1.84. The zero-order valence-electron chi connectivity index (χ0n) is 11.5. The smallest absolute Gasteiger partial charge is 0.320 e. The van der Waals surface area contributed by atoms with E-state index >= 15 is 0 Å². The van der Waals surface area contributed by atoms with Crippen LogP contribution < -0.4 is 0 Å². The third-order valence-electron chi connectivity index (χ3n) is 3.70. The molecule has 20 heavy (non-hydrogen) atoms. The predicted molar refractivity (Wildman–Crippen MR) is 77.7 cm³/mol. The van der Waals surface area contributed by atoms with Crippen LogP contribution in [0.3, 0.4) is 0 Å². The van der Waals surface area contributed by atoms with Crippen LogP contribution in [0.5, 0.6) is 0 Å². The number of amides is 1. The van der Waals surface area contributed by atoms with Crippen molar-refractivity contribution < 1.29 is 14.7 Å². The number of carbonyl (C=O) groups excluding carboxylic acids is 1. The summed E-state index contributed by atoms with van der Waals surface area (Å²) in [4.78, 5) is 27.0. The van der Waals surface area contributed by atoms with Crippen LogP contribution in [0.25, 0.3) is 0 Å². The molecule has 2 heterocycles. The molecule has 1 amide bonds. The number of aryl methyl sites for hydroxylation is 1. The lowest BCUT2D eigenvalue weighted by Gasteiger charge is -2.36. The van der Waals surface area contributed by atoms with Gasteiger partial charge in [-0.25, -0.2) is 0 Å². The molecule has 1 atom stereocenters. The van der Waals surface area contributed by atoms with Crippen molar-refractivity contribution in [3.8, 4) is 0 Å². The SMILES string of the molecule is CC(C(=O)O)N1CCN(C(=O)c2cc(Br)cn2C)CC1. The number of rotatable bonds is 3. The van der Waals surface area contributed by atoms with Gasteiger partial charge in [-0.3, -0.25) is 14.5 Å². The number of carboxylic acids is 1. The van der Waals surface area contributed by atoms with Gasteiger partial charge in [-0.2, -0.15) is 0 Å². The van der Waals surface area contributed by atoms with E-state index in [0.29, 0.717) is 31.9 Å². The van der Waals surface area contributed by atoms with Gasteiger partial charge >= 0.3 is 5.97 Å². The van der Waals surface area contributed by atoms with E-state index in [1.807, 2.05) is 18.1 Å². The van der Waals surface area contributed by atoms with Crippen molar-refractivity contribution in [3.63, 3.8) is 0 Å². The van der Waals surface area contributed by atoms with Gasteiger partial charge in [0, 0.05) is 43.9 Å². The molecule has 1 aliphatic rings. The number of hydrogen-bond acceptors (Lipinski definition) is 3. The van der Waals surface area contributed by atoms with Crippen LogP contribution in [0.2, 0.25) is 0 Å². The summed E-state index contributed by atoms with van der Waals surface area (Å²) in [6, 6.07) is 1.30. The Bertz CT molecular complexity index is 521. The van der Waals surface area contributed by atoms with Crippen LogP contribution in [0.15, 0.2) is 16.7 Å².